The maximum Gasteiger partial charge on any atom is 0.222 e. The molecule has 1 aliphatic rings. The van der Waals surface area contributed by atoms with Crippen molar-refractivity contribution >= 4 is 21.8 Å². The molecule has 0 aromatic carbocycles. The van der Waals surface area contributed by atoms with Crippen LogP contribution in [0.1, 0.15) is 18.4 Å². The van der Waals surface area contributed by atoms with E-state index >= 15 is 0 Å². The molecule has 1 fully saturated rings. The molecular weight excluding hydrogens is 244 g/mol. The second kappa shape index (κ2) is 4.09. The van der Waals surface area contributed by atoms with Gasteiger partial charge in [0, 0.05) is 25.7 Å². The maximum atomic E-state index is 11.4. The number of amides is 1. The highest BCUT2D eigenvalue weighted by Gasteiger charge is 2.19. The zero-order valence-electron chi connectivity index (χ0n) is 7.74. The van der Waals surface area contributed by atoms with Gasteiger partial charge in [-0.05, 0) is 40.0 Å². The van der Waals surface area contributed by atoms with Crippen LogP contribution in [0.3, 0.4) is 0 Å². The van der Waals surface area contributed by atoms with Crippen LogP contribution in [-0.4, -0.2) is 22.3 Å². The van der Waals surface area contributed by atoms with E-state index in [1.165, 1.54) is 0 Å². The van der Waals surface area contributed by atoms with E-state index in [1.54, 1.807) is 6.20 Å². The molecule has 0 spiro atoms. The number of hydrogen-bond donors (Lipinski definition) is 0. The molecule has 0 N–H and O–H groups in total. The van der Waals surface area contributed by atoms with Gasteiger partial charge < -0.3 is 4.90 Å². The average Bonchev–Trinajstić information content (AvgIpc) is 2.52. The second-order valence-electron chi connectivity index (χ2n) is 3.41. The van der Waals surface area contributed by atoms with E-state index in [4.69, 9.17) is 0 Å². The van der Waals surface area contributed by atoms with Gasteiger partial charge in [0.1, 0.15) is 4.60 Å². The lowest BCUT2D eigenvalue weighted by atomic mass is 10.2. The van der Waals surface area contributed by atoms with Gasteiger partial charge in [0.2, 0.25) is 5.91 Å². The van der Waals surface area contributed by atoms with Gasteiger partial charge >= 0.3 is 0 Å². The van der Waals surface area contributed by atoms with Crippen molar-refractivity contribution in [1.29, 1.82) is 0 Å². The van der Waals surface area contributed by atoms with E-state index < -0.39 is 0 Å². The van der Waals surface area contributed by atoms with Crippen LogP contribution in [0.2, 0.25) is 0 Å². The summed E-state index contributed by atoms with van der Waals surface area (Å²) < 4.78 is 0.821. The summed E-state index contributed by atoms with van der Waals surface area (Å²) in [7, 11) is 0. The van der Waals surface area contributed by atoms with E-state index in [9.17, 15) is 4.79 Å². The maximum absolute atomic E-state index is 11.4. The summed E-state index contributed by atoms with van der Waals surface area (Å²) in [6.45, 7) is 1.60. The largest absolute Gasteiger partial charge is 0.338 e. The third-order valence-electron chi connectivity index (χ3n) is 2.34. The normalized spacial score (nSPS) is 16.4. The summed E-state index contributed by atoms with van der Waals surface area (Å²) in [5.74, 6) is 0.262. The topological polar surface area (TPSA) is 33.2 Å². The van der Waals surface area contributed by atoms with Crippen LogP contribution in [-0.2, 0) is 11.3 Å². The Morgan fingerprint density at radius 3 is 3.07 bits per heavy atom. The van der Waals surface area contributed by atoms with Gasteiger partial charge in [-0.25, -0.2) is 4.98 Å². The number of rotatable bonds is 2. The molecule has 14 heavy (non-hydrogen) atoms. The Kier molecular flexibility index (Phi) is 2.82. The smallest absolute Gasteiger partial charge is 0.222 e. The first-order valence-corrected chi connectivity index (χ1v) is 5.43. The van der Waals surface area contributed by atoms with Gasteiger partial charge in [0.15, 0.2) is 0 Å². The number of nitrogens with zero attached hydrogens (tertiary/aromatic N) is 2. The zero-order valence-corrected chi connectivity index (χ0v) is 9.33. The van der Waals surface area contributed by atoms with Crippen molar-refractivity contribution in [2.45, 2.75) is 19.4 Å². The molecule has 0 atom stereocenters. The SMILES string of the molecule is O=C1CCCN1Cc1ccnc(Br)c1. The third-order valence-corrected chi connectivity index (χ3v) is 2.77. The lowest BCUT2D eigenvalue weighted by Gasteiger charge is -2.15. The molecule has 1 aromatic rings. The highest BCUT2D eigenvalue weighted by Crippen LogP contribution is 2.15. The van der Waals surface area contributed by atoms with Crippen LogP contribution in [0.5, 0.6) is 0 Å². The number of halogens is 1. The van der Waals surface area contributed by atoms with E-state index in [-0.39, 0.29) is 5.91 Å². The summed E-state index contributed by atoms with van der Waals surface area (Å²) in [6.07, 6.45) is 3.44. The fourth-order valence-electron chi connectivity index (χ4n) is 1.63. The minimum atomic E-state index is 0.262. The van der Waals surface area contributed by atoms with Crippen molar-refractivity contribution < 1.29 is 4.79 Å². The molecule has 4 heteroatoms. The molecule has 74 valence electrons. The predicted octanol–water partition coefficient (Wildman–Crippen LogP) is 1.97. The number of pyridine rings is 1. The molecule has 1 aromatic heterocycles. The number of carbonyl (C=O) groups excluding carboxylic acids is 1. The minimum Gasteiger partial charge on any atom is -0.338 e. The lowest BCUT2D eigenvalue weighted by Crippen LogP contribution is -2.23. The zero-order chi connectivity index (χ0) is 9.97. The van der Waals surface area contributed by atoms with Gasteiger partial charge in [-0.3, -0.25) is 4.79 Å². The van der Waals surface area contributed by atoms with Gasteiger partial charge in [-0.15, -0.1) is 0 Å². The van der Waals surface area contributed by atoms with Crippen LogP contribution in [0.25, 0.3) is 0 Å². The molecule has 1 aliphatic heterocycles. The van der Waals surface area contributed by atoms with Gasteiger partial charge in [-0.2, -0.15) is 0 Å². The lowest BCUT2D eigenvalue weighted by molar-refractivity contribution is -0.128. The minimum absolute atomic E-state index is 0.262. The first-order chi connectivity index (χ1) is 6.75. The summed E-state index contributed by atoms with van der Waals surface area (Å²) in [5.41, 5.74) is 1.13. The molecule has 0 unspecified atom stereocenters. The van der Waals surface area contributed by atoms with Crippen molar-refractivity contribution in [3.05, 3.63) is 28.5 Å². The highest BCUT2D eigenvalue weighted by molar-refractivity contribution is 9.10. The molecule has 1 amide bonds. The molecule has 0 saturated carbocycles. The van der Waals surface area contributed by atoms with Crippen molar-refractivity contribution in [3.8, 4) is 0 Å². The fourth-order valence-corrected chi connectivity index (χ4v) is 2.04. The summed E-state index contributed by atoms with van der Waals surface area (Å²) in [4.78, 5) is 17.3. The Hall–Kier alpha value is -0.900. The standard InChI is InChI=1S/C10H11BrN2O/c11-9-6-8(3-4-12-9)7-13-5-1-2-10(13)14/h3-4,6H,1-2,5,7H2. The molecule has 0 aliphatic carbocycles. The van der Waals surface area contributed by atoms with Crippen molar-refractivity contribution in [3.63, 3.8) is 0 Å². The van der Waals surface area contributed by atoms with E-state index in [1.807, 2.05) is 17.0 Å². The molecule has 0 bridgehead atoms. The fraction of sp³-hybridized carbons (Fsp3) is 0.400. The van der Waals surface area contributed by atoms with E-state index in [2.05, 4.69) is 20.9 Å². The van der Waals surface area contributed by atoms with E-state index in [0.29, 0.717) is 13.0 Å². The highest BCUT2D eigenvalue weighted by atomic mass is 79.9. The first-order valence-electron chi connectivity index (χ1n) is 4.64. The van der Waals surface area contributed by atoms with Gasteiger partial charge in [-0.1, -0.05) is 0 Å². The van der Waals surface area contributed by atoms with Gasteiger partial charge in [0.25, 0.3) is 0 Å². The average molecular weight is 255 g/mol. The van der Waals surface area contributed by atoms with Crippen LogP contribution >= 0.6 is 15.9 Å². The number of likely N-dealkylation sites (tertiary alicyclic amines) is 1. The van der Waals surface area contributed by atoms with E-state index in [0.717, 1.165) is 23.1 Å². The molecule has 3 nitrogen and oxygen atoms in total. The Morgan fingerprint density at radius 1 is 1.57 bits per heavy atom. The Balaban J connectivity index is 2.07. The molecule has 0 radical (unpaired) electrons. The van der Waals surface area contributed by atoms with Crippen molar-refractivity contribution in [2.75, 3.05) is 6.54 Å². The molecule has 1 saturated heterocycles. The Morgan fingerprint density at radius 2 is 2.43 bits per heavy atom. The third kappa shape index (κ3) is 2.12. The monoisotopic (exact) mass is 254 g/mol. The Bertz CT molecular complexity index is 354. The second-order valence-corrected chi connectivity index (χ2v) is 4.22. The first kappa shape index (κ1) is 9.65. The van der Waals surface area contributed by atoms with Crippen LogP contribution in [0.15, 0.2) is 22.9 Å². The summed E-state index contributed by atoms with van der Waals surface area (Å²) in [6, 6.07) is 3.89. The number of hydrogen-bond acceptors (Lipinski definition) is 2. The summed E-state index contributed by atoms with van der Waals surface area (Å²) >= 11 is 3.31. The van der Waals surface area contributed by atoms with Crippen LogP contribution in [0.4, 0.5) is 0 Å². The molecular formula is C10H11BrN2O. The molecule has 2 rings (SSSR count). The summed E-state index contributed by atoms with van der Waals surface area (Å²) in [5, 5.41) is 0. The number of aromatic nitrogens is 1. The van der Waals surface area contributed by atoms with Gasteiger partial charge in [0.05, 0.1) is 0 Å². The van der Waals surface area contributed by atoms with Crippen molar-refractivity contribution in [1.82, 2.24) is 9.88 Å². The Labute approximate surface area is 91.3 Å². The quantitative estimate of drug-likeness (QED) is 0.757. The van der Waals surface area contributed by atoms with Crippen LogP contribution in [0, 0.1) is 0 Å². The number of carbonyl (C=O) groups is 1. The predicted molar refractivity (Wildman–Crippen MR) is 56.6 cm³/mol. The van der Waals surface area contributed by atoms with Crippen LogP contribution < -0.4 is 0 Å². The molecule has 2 heterocycles. The van der Waals surface area contributed by atoms with Crippen molar-refractivity contribution in [2.24, 2.45) is 0 Å².